The number of aryl methyl sites for hydroxylation is 1. The molecule has 2 unspecified atom stereocenters. The molecule has 0 heterocycles. The minimum atomic E-state index is -0.473. The van der Waals surface area contributed by atoms with Crippen LogP contribution in [-0.4, -0.2) is 18.0 Å². The second-order valence-corrected chi connectivity index (χ2v) is 4.85. The number of nitrogens with two attached hydrogens (primary N) is 1. The van der Waals surface area contributed by atoms with Crippen molar-refractivity contribution in [1.82, 2.24) is 5.32 Å². The first kappa shape index (κ1) is 12.8. The zero-order chi connectivity index (χ0) is 13.0. The Bertz CT molecular complexity index is 442. The normalized spacial score (nSPS) is 19.7. The number of hydrogen-bond donors (Lipinski definition) is 2. The van der Waals surface area contributed by atoms with Crippen LogP contribution in [0.5, 0.6) is 0 Å². The van der Waals surface area contributed by atoms with Gasteiger partial charge in [0.05, 0.1) is 6.04 Å². The quantitative estimate of drug-likeness (QED) is 0.790. The Balaban J connectivity index is 1.93. The topological polar surface area (TPSA) is 55.1 Å². The van der Waals surface area contributed by atoms with Crippen molar-refractivity contribution in [1.29, 1.82) is 0 Å². The van der Waals surface area contributed by atoms with Gasteiger partial charge in [-0.05, 0) is 36.8 Å². The molecule has 1 amide bonds. The first-order chi connectivity index (χ1) is 8.70. The smallest absolute Gasteiger partial charge is 0.237 e. The Labute approximate surface area is 108 Å². The maximum Gasteiger partial charge on any atom is 0.237 e. The van der Waals surface area contributed by atoms with Crippen molar-refractivity contribution in [3.05, 3.63) is 48.0 Å². The van der Waals surface area contributed by atoms with Crippen LogP contribution in [0.1, 0.15) is 24.0 Å². The minimum absolute atomic E-state index is 0.0701. The molecule has 0 aromatic heterocycles. The SMILES string of the molecule is C=CCC(N)C(=O)NC1CCc2ccccc2C1. The maximum absolute atomic E-state index is 11.8. The van der Waals surface area contributed by atoms with Gasteiger partial charge in [0.2, 0.25) is 5.91 Å². The summed E-state index contributed by atoms with van der Waals surface area (Å²) in [5.74, 6) is -0.0701. The van der Waals surface area contributed by atoms with Gasteiger partial charge in [-0.15, -0.1) is 6.58 Å². The molecule has 1 aliphatic rings. The van der Waals surface area contributed by atoms with Gasteiger partial charge in [-0.2, -0.15) is 0 Å². The Kier molecular flexibility index (Phi) is 4.15. The van der Waals surface area contributed by atoms with E-state index >= 15 is 0 Å². The Morgan fingerprint density at radius 3 is 2.94 bits per heavy atom. The molecular weight excluding hydrogens is 224 g/mol. The number of nitrogens with one attached hydrogen (secondary N) is 1. The fourth-order valence-electron chi connectivity index (χ4n) is 2.42. The molecule has 0 saturated carbocycles. The lowest BCUT2D eigenvalue weighted by atomic mass is 9.88. The number of hydrogen-bond acceptors (Lipinski definition) is 2. The van der Waals surface area contributed by atoms with Crippen LogP contribution in [0, 0.1) is 0 Å². The van der Waals surface area contributed by atoms with Crippen molar-refractivity contribution < 1.29 is 4.79 Å². The number of carbonyl (C=O) groups excluding carboxylic acids is 1. The molecule has 3 nitrogen and oxygen atoms in total. The van der Waals surface area contributed by atoms with Gasteiger partial charge in [-0.25, -0.2) is 0 Å². The molecule has 0 spiro atoms. The number of carbonyl (C=O) groups is 1. The molecule has 3 heteroatoms. The predicted octanol–water partition coefficient (Wildman–Crippen LogP) is 1.56. The summed E-state index contributed by atoms with van der Waals surface area (Å²) in [6.45, 7) is 3.60. The third-order valence-corrected chi connectivity index (χ3v) is 3.45. The van der Waals surface area contributed by atoms with Crippen LogP contribution in [0.25, 0.3) is 0 Å². The zero-order valence-corrected chi connectivity index (χ0v) is 10.6. The van der Waals surface area contributed by atoms with Crippen molar-refractivity contribution in [3.63, 3.8) is 0 Å². The highest BCUT2D eigenvalue weighted by Crippen LogP contribution is 2.21. The molecule has 3 N–H and O–H groups in total. The van der Waals surface area contributed by atoms with Crippen LogP contribution < -0.4 is 11.1 Å². The summed E-state index contributed by atoms with van der Waals surface area (Å²) in [6, 6.07) is 8.15. The largest absolute Gasteiger partial charge is 0.352 e. The van der Waals surface area contributed by atoms with Crippen LogP contribution in [-0.2, 0) is 17.6 Å². The van der Waals surface area contributed by atoms with Crippen LogP contribution in [0.3, 0.4) is 0 Å². The predicted molar refractivity (Wildman–Crippen MR) is 73.2 cm³/mol. The van der Waals surface area contributed by atoms with E-state index < -0.39 is 6.04 Å². The summed E-state index contributed by atoms with van der Waals surface area (Å²) in [5, 5.41) is 3.03. The van der Waals surface area contributed by atoms with Crippen molar-refractivity contribution in [2.24, 2.45) is 5.73 Å². The number of amides is 1. The molecular formula is C15H20N2O. The zero-order valence-electron chi connectivity index (χ0n) is 10.6. The number of benzene rings is 1. The van der Waals surface area contributed by atoms with Crippen molar-refractivity contribution >= 4 is 5.91 Å². The summed E-state index contributed by atoms with van der Waals surface area (Å²) in [5.41, 5.74) is 8.50. The summed E-state index contributed by atoms with van der Waals surface area (Å²) in [7, 11) is 0. The molecule has 2 atom stereocenters. The van der Waals surface area contributed by atoms with Crippen molar-refractivity contribution in [3.8, 4) is 0 Å². The highest BCUT2D eigenvalue weighted by atomic mass is 16.2. The van der Waals surface area contributed by atoms with Crippen molar-refractivity contribution in [2.75, 3.05) is 0 Å². The Morgan fingerprint density at radius 1 is 1.50 bits per heavy atom. The van der Waals surface area contributed by atoms with Gasteiger partial charge >= 0.3 is 0 Å². The molecule has 0 bridgehead atoms. The van der Waals surface area contributed by atoms with Crippen molar-refractivity contribution in [2.45, 2.75) is 37.8 Å². The van der Waals surface area contributed by atoms with E-state index in [4.69, 9.17) is 5.73 Å². The van der Waals surface area contributed by atoms with Gasteiger partial charge in [-0.3, -0.25) is 4.79 Å². The average molecular weight is 244 g/mol. The maximum atomic E-state index is 11.8. The third-order valence-electron chi connectivity index (χ3n) is 3.45. The van der Waals surface area contributed by atoms with E-state index in [1.165, 1.54) is 11.1 Å². The van der Waals surface area contributed by atoms with Gasteiger partial charge in [-0.1, -0.05) is 30.3 Å². The highest BCUT2D eigenvalue weighted by Gasteiger charge is 2.21. The molecule has 2 rings (SSSR count). The first-order valence-electron chi connectivity index (χ1n) is 6.44. The van der Waals surface area contributed by atoms with Crippen LogP contribution in [0.2, 0.25) is 0 Å². The van der Waals surface area contributed by atoms with Gasteiger partial charge < -0.3 is 11.1 Å². The van der Waals surface area contributed by atoms with Gasteiger partial charge in [0.15, 0.2) is 0 Å². The van der Waals surface area contributed by atoms with E-state index in [1.54, 1.807) is 6.08 Å². The molecule has 96 valence electrons. The third kappa shape index (κ3) is 2.99. The summed E-state index contributed by atoms with van der Waals surface area (Å²) < 4.78 is 0. The van der Waals surface area contributed by atoms with E-state index in [0.29, 0.717) is 6.42 Å². The Hall–Kier alpha value is -1.61. The lowest BCUT2D eigenvalue weighted by Crippen LogP contribution is -2.47. The molecule has 0 saturated heterocycles. The lowest BCUT2D eigenvalue weighted by molar-refractivity contribution is -0.123. The average Bonchev–Trinajstić information content (AvgIpc) is 2.39. The highest BCUT2D eigenvalue weighted by molar-refractivity contribution is 5.82. The first-order valence-corrected chi connectivity index (χ1v) is 6.44. The molecule has 0 fully saturated rings. The van der Waals surface area contributed by atoms with Crippen LogP contribution >= 0.6 is 0 Å². The fraction of sp³-hybridized carbons (Fsp3) is 0.400. The monoisotopic (exact) mass is 244 g/mol. The van der Waals surface area contributed by atoms with Gasteiger partial charge in [0.25, 0.3) is 0 Å². The van der Waals surface area contributed by atoms with Gasteiger partial charge in [0.1, 0.15) is 0 Å². The Morgan fingerprint density at radius 2 is 2.22 bits per heavy atom. The summed E-state index contributed by atoms with van der Waals surface area (Å²) in [4.78, 5) is 11.8. The molecule has 0 radical (unpaired) electrons. The van der Waals surface area contributed by atoms with Crippen LogP contribution in [0.15, 0.2) is 36.9 Å². The molecule has 1 aliphatic carbocycles. The number of fused-ring (bicyclic) bond motifs is 1. The lowest BCUT2D eigenvalue weighted by Gasteiger charge is -2.26. The van der Waals surface area contributed by atoms with E-state index in [9.17, 15) is 4.79 Å². The molecule has 1 aromatic carbocycles. The fourth-order valence-corrected chi connectivity index (χ4v) is 2.42. The summed E-state index contributed by atoms with van der Waals surface area (Å²) >= 11 is 0. The second kappa shape index (κ2) is 5.83. The standard InChI is InChI=1S/C15H20N2O/c1-2-5-14(16)15(18)17-13-9-8-11-6-3-4-7-12(11)10-13/h2-4,6-7,13-14H,1,5,8-10,16H2,(H,17,18). The second-order valence-electron chi connectivity index (χ2n) is 4.85. The molecule has 18 heavy (non-hydrogen) atoms. The van der Waals surface area contributed by atoms with E-state index in [2.05, 4.69) is 30.1 Å². The minimum Gasteiger partial charge on any atom is -0.352 e. The number of rotatable bonds is 4. The van der Waals surface area contributed by atoms with E-state index in [0.717, 1.165) is 19.3 Å². The summed E-state index contributed by atoms with van der Waals surface area (Å²) in [6.07, 6.45) is 5.12. The van der Waals surface area contributed by atoms with Gasteiger partial charge in [0, 0.05) is 6.04 Å². The van der Waals surface area contributed by atoms with E-state index in [-0.39, 0.29) is 11.9 Å². The van der Waals surface area contributed by atoms with E-state index in [1.807, 2.05) is 6.07 Å². The molecule has 1 aromatic rings. The van der Waals surface area contributed by atoms with Crippen LogP contribution in [0.4, 0.5) is 0 Å². The molecule has 0 aliphatic heterocycles.